The summed E-state index contributed by atoms with van der Waals surface area (Å²) in [5.41, 5.74) is 7.53. The summed E-state index contributed by atoms with van der Waals surface area (Å²) >= 11 is 0. The lowest BCUT2D eigenvalue weighted by atomic mass is 9.94. The summed E-state index contributed by atoms with van der Waals surface area (Å²) < 4.78 is 2.29. The zero-order chi connectivity index (χ0) is 20.6. The number of hydrogen-bond donors (Lipinski definition) is 0. The summed E-state index contributed by atoms with van der Waals surface area (Å²) in [5.74, 6) is 0. The summed E-state index contributed by atoms with van der Waals surface area (Å²) in [6.45, 7) is 16.3. The summed E-state index contributed by atoms with van der Waals surface area (Å²) in [7, 11) is 0.712. The molecule has 0 bridgehead atoms. The van der Waals surface area contributed by atoms with Crippen LogP contribution in [0.5, 0.6) is 0 Å². The Kier molecular flexibility index (Phi) is 5.81. The molecule has 1 aromatic heterocycles. The number of pyridine rings is 1. The van der Waals surface area contributed by atoms with Crippen LogP contribution in [0.25, 0.3) is 22.0 Å². The predicted octanol–water partition coefficient (Wildman–Crippen LogP) is 6.36. The molecule has 3 aromatic rings. The molecular formula is C26H36NSi+. The molecule has 1 heterocycles. The van der Waals surface area contributed by atoms with E-state index in [1.807, 2.05) is 0 Å². The van der Waals surface area contributed by atoms with E-state index in [2.05, 4.69) is 103 Å². The van der Waals surface area contributed by atoms with Gasteiger partial charge in [0, 0.05) is 6.07 Å². The van der Waals surface area contributed by atoms with Crippen LogP contribution in [0.2, 0.25) is 17.6 Å². The second-order valence-corrected chi connectivity index (χ2v) is 14.3. The standard InChI is InChI=1S/C26H36NSi/c1-9-28(10-2,18(3)4)23-11-12-24-22(17-23)13-14-27(8)26(24)25-16-19(5)15-20(6)21(25)7/h11-18H,9-10H2,1-8H3/q+1. The molecule has 0 fully saturated rings. The van der Waals surface area contributed by atoms with Gasteiger partial charge in [-0.1, -0.05) is 68.7 Å². The van der Waals surface area contributed by atoms with Gasteiger partial charge in [0.25, 0.3) is 0 Å². The van der Waals surface area contributed by atoms with E-state index in [9.17, 15) is 0 Å². The first-order chi connectivity index (χ1) is 13.2. The zero-order valence-corrected chi connectivity index (χ0v) is 20.0. The minimum absolute atomic E-state index is 0.765. The van der Waals surface area contributed by atoms with Crippen molar-refractivity contribution in [3.05, 3.63) is 59.3 Å². The van der Waals surface area contributed by atoms with E-state index in [0.29, 0.717) is 0 Å². The van der Waals surface area contributed by atoms with Gasteiger partial charge in [0.1, 0.15) is 7.05 Å². The van der Waals surface area contributed by atoms with Gasteiger partial charge in [-0.25, -0.2) is 4.57 Å². The number of benzene rings is 2. The Morgan fingerprint density at radius 2 is 1.61 bits per heavy atom. The van der Waals surface area contributed by atoms with Gasteiger partial charge in [-0.05, 0) is 55.0 Å². The molecule has 0 atom stereocenters. The topological polar surface area (TPSA) is 3.88 Å². The van der Waals surface area contributed by atoms with E-state index in [1.165, 1.54) is 50.8 Å². The molecule has 0 N–H and O–H groups in total. The number of aromatic nitrogens is 1. The summed E-state index contributed by atoms with van der Waals surface area (Å²) in [5, 5.41) is 4.36. The third-order valence-electron chi connectivity index (χ3n) is 7.15. The summed E-state index contributed by atoms with van der Waals surface area (Å²) in [6.07, 6.45) is 2.23. The molecule has 0 aliphatic carbocycles. The van der Waals surface area contributed by atoms with Crippen molar-refractivity contribution < 1.29 is 4.57 Å². The van der Waals surface area contributed by atoms with Crippen molar-refractivity contribution >= 4 is 24.0 Å². The third-order valence-corrected chi connectivity index (χ3v) is 13.3. The van der Waals surface area contributed by atoms with Crippen LogP contribution in [0.3, 0.4) is 0 Å². The van der Waals surface area contributed by atoms with Gasteiger partial charge in [0.2, 0.25) is 5.69 Å². The predicted molar refractivity (Wildman–Crippen MR) is 126 cm³/mol. The molecule has 3 rings (SSSR count). The first-order valence-electron chi connectivity index (χ1n) is 10.8. The van der Waals surface area contributed by atoms with Crippen LogP contribution in [-0.2, 0) is 7.05 Å². The maximum absolute atomic E-state index is 2.51. The Morgan fingerprint density at radius 3 is 2.21 bits per heavy atom. The summed E-state index contributed by atoms with van der Waals surface area (Å²) in [6, 6.07) is 16.9. The fourth-order valence-electron chi connectivity index (χ4n) is 5.11. The van der Waals surface area contributed by atoms with Gasteiger partial charge in [-0.15, -0.1) is 0 Å². The largest absolute Gasteiger partial charge is 0.220 e. The highest BCUT2D eigenvalue weighted by Crippen LogP contribution is 2.33. The minimum atomic E-state index is -1.46. The molecule has 0 amide bonds. The smallest absolute Gasteiger partial charge is 0.200 e. The van der Waals surface area contributed by atoms with Crippen LogP contribution in [0, 0.1) is 20.8 Å². The highest BCUT2D eigenvalue weighted by atomic mass is 28.3. The van der Waals surface area contributed by atoms with Gasteiger partial charge in [0.15, 0.2) is 6.20 Å². The second kappa shape index (κ2) is 7.83. The summed E-state index contributed by atoms with van der Waals surface area (Å²) in [4.78, 5) is 0. The molecule has 28 heavy (non-hydrogen) atoms. The van der Waals surface area contributed by atoms with Crippen LogP contribution in [-0.4, -0.2) is 8.07 Å². The van der Waals surface area contributed by atoms with Gasteiger partial charge >= 0.3 is 0 Å². The quantitative estimate of drug-likeness (QED) is 0.352. The molecule has 2 heteroatoms. The lowest BCUT2D eigenvalue weighted by molar-refractivity contribution is -0.659. The first-order valence-corrected chi connectivity index (χ1v) is 13.3. The molecule has 0 unspecified atom stereocenters. The maximum atomic E-state index is 2.51. The van der Waals surface area contributed by atoms with Gasteiger partial charge in [-0.3, -0.25) is 0 Å². The average molecular weight is 391 g/mol. The van der Waals surface area contributed by atoms with Crippen LogP contribution < -0.4 is 9.75 Å². The van der Waals surface area contributed by atoms with Crippen molar-refractivity contribution in [1.29, 1.82) is 0 Å². The van der Waals surface area contributed by atoms with Gasteiger partial charge < -0.3 is 0 Å². The van der Waals surface area contributed by atoms with E-state index in [4.69, 9.17) is 0 Å². The van der Waals surface area contributed by atoms with Gasteiger partial charge in [0.05, 0.1) is 19.0 Å². The van der Waals surface area contributed by atoms with E-state index in [0.717, 1.165) is 5.54 Å². The van der Waals surface area contributed by atoms with Crippen LogP contribution in [0.4, 0.5) is 0 Å². The molecule has 2 aromatic carbocycles. The Bertz CT molecular complexity index is 1010. The number of rotatable bonds is 5. The Labute approximate surface area is 172 Å². The third kappa shape index (κ3) is 3.32. The number of aryl methyl sites for hydroxylation is 3. The van der Waals surface area contributed by atoms with E-state index in [1.54, 1.807) is 5.19 Å². The monoisotopic (exact) mass is 390 g/mol. The molecule has 0 saturated heterocycles. The van der Waals surface area contributed by atoms with Crippen LogP contribution >= 0.6 is 0 Å². The van der Waals surface area contributed by atoms with Crippen molar-refractivity contribution in [2.24, 2.45) is 7.05 Å². The molecule has 0 aliphatic heterocycles. The van der Waals surface area contributed by atoms with Crippen LogP contribution in [0.15, 0.2) is 42.6 Å². The van der Waals surface area contributed by atoms with Crippen molar-refractivity contribution in [2.75, 3.05) is 0 Å². The molecule has 0 radical (unpaired) electrons. The van der Waals surface area contributed by atoms with E-state index < -0.39 is 8.07 Å². The van der Waals surface area contributed by atoms with Crippen molar-refractivity contribution in [1.82, 2.24) is 0 Å². The normalized spacial score (nSPS) is 12.2. The molecule has 0 saturated carbocycles. The first kappa shape index (κ1) is 20.8. The molecule has 148 valence electrons. The maximum Gasteiger partial charge on any atom is 0.220 e. The highest BCUT2D eigenvalue weighted by molar-refractivity contribution is 6.92. The number of fused-ring (bicyclic) bond motifs is 1. The lowest BCUT2D eigenvalue weighted by Crippen LogP contribution is -2.49. The highest BCUT2D eigenvalue weighted by Gasteiger charge is 2.35. The fraction of sp³-hybridized carbons (Fsp3) is 0.423. The Morgan fingerprint density at radius 1 is 0.929 bits per heavy atom. The molecule has 0 spiro atoms. The fourth-order valence-corrected chi connectivity index (χ4v) is 9.59. The van der Waals surface area contributed by atoms with Crippen LogP contribution in [0.1, 0.15) is 44.4 Å². The van der Waals surface area contributed by atoms with Crippen molar-refractivity contribution in [2.45, 2.75) is 66.1 Å². The zero-order valence-electron chi connectivity index (χ0n) is 19.0. The molecular weight excluding hydrogens is 354 g/mol. The minimum Gasteiger partial charge on any atom is -0.200 e. The van der Waals surface area contributed by atoms with Gasteiger partial charge in [-0.2, -0.15) is 0 Å². The molecule has 1 nitrogen and oxygen atoms in total. The number of hydrogen-bond acceptors (Lipinski definition) is 0. The Hall–Kier alpha value is -1.93. The second-order valence-electron chi connectivity index (χ2n) is 8.85. The van der Waals surface area contributed by atoms with E-state index >= 15 is 0 Å². The Balaban J connectivity index is 2.30. The number of nitrogens with zero attached hydrogens (tertiary/aromatic N) is 1. The van der Waals surface area contributed by atoms with E-state index in [-0.39, 0.29) is 0 Å². The SMILES string of the molecule is CC[Si](CC)(c1ccc2c(-c3cc(C)cc(C)c3C)[n+](C)ccc2c1)C(C)C. The van der Waals surface area contributed by atoms with Crippen molar-refractivity contribution in [3.63, 3.8) is 0 Å². The van der Waals surface area contributed by atoms with Crippen molar-refractivity contribution in [3.8, 4) is 11.3 Å². The average Bonchev–Trinajstić information content (AvgIpc) is 2.66. The lowest BCUT2D eigenvalue weighted by Gasteiger charge is -2.34. The molecule has 0 aliphatic rings.